The largest absolute Gasteiger partial charge is 0.398 e. The second-order valence-electron chi connectivity index (χ2n) is 2.58. The van der Waals surface area contributed by atoms with E-state index in [0.717, 1.165) is 5.69 Å². The monoisotopic (exact) mass is 176 g/mol. The third-order valence-electron chi connectivity index (χ3n) is 1.68. The van der Waals surface area contributed by atoms with E-state index in [2.05, 4.69) is 35.1 Å². The average molecular weight is 176 g/mol. The minimum Gasteiger partial charge on any atom is -0.398 e. The number of hydrogen-bond donors (Lipinski definition) is 2. The van der Waals surface area contributed by atoms with Gasteiger partial charge in [-0.15, -0.1) is 0 Å². The van der Waals surface area contributed by atoms with E-state index < -0.39 is 0 Å². The molecule has 0 aromatic heterocycles. The molecule has 0 unspecified atom stereocenters. The van der Waals surface area contributed by atoms with E-state index in [1.807, 2.05) is 12.1 Å². The minimum absolute atomic E-state index is 0.253. The van der Waals surface area contributed by atoms with Crippen LogP contribution in [0.2, 0.25) is 0 Å². The molecule has 0 bridgehead atoms. The van der Waals surface area contributed by atoms with Gasteiger partial charge in [0.2, 0.25) is 0 Å². The first-order valence-electron chi connectivity index (χ1n) is 3.77. The van der Waals surface area contributed by atoms with Crippen molar-refractivity contribution in [3.63, 3.8) is 0 Å². The fourth-order valence-electron chi connectivity index (χ4n) is 1.12. The van der Waals surface area contributed by atoms with Crippen molar-refractivity contribution in [3.8, 4) is 0 Å². The van der Waals surface area contributed by atoms with Crippen LogP contribution in [0.5, 0.6) is 0 Å². The van der Waals surface area contributed by atoms with Crippen LogP contribution in [0, 0.1) is 6.07 Å². The molecule has 0 aliphatic carbocycles. The summed E-state index contributed by atoms with van der Waals surface area (Å²) in [7, 11) is -0.253. The number of rotatable bonds is 1. The van der Waals surface area contributed by atoms with Crippen molar-refractivity contribution in [3.05, 3.63) is 47.2 Å². The molecule has 0 saturated heterocycles. The van der Waals surface area contributed by atoms with Gasteiger partial charge >= 0.3 is 0 Å². The first-order valence-corrected chi connectivity index (χ1v) is 5.25. The smallest absolute Gasteiger partial charge is 0.0405 e. The summed E-state index contributed by atoms with van der Waals surface area (Å²) < 4.78 is 0. The molecule has 2 N–H and O–H groups in total. The maximum absolute atomic E-state index is 5.63. The van der Waals surface area contributed by atoms with Gasteiger partial charge in [0.15, 0.2) is 0 Å². The van der Waals surface area contributed by atoms with E-state index in [9.17, 15) is 0 Å². The summed E-state index contributed by atoms with van der Waals surface area (Å²) in [5.74, 6) is 0. The second-order valence-corrected chi connectivity index (χ2v) is 4.47. The van der Waals surface area contributed by atoms with Gasteiger partial charge in [0.05, 0.1) is 0 Å². The van der Waals surface area contributed by atoms with Gasteiger partial charge in [0.25, 0.3) is 0 Å². The van der Waals surface area contributed by atoms with Gasteiger partial charge in [0, 0.05) is 16.6 Å². The van der Waals surface area contributed by atoms with Crippen LogP contribution >= 0.6 is 10.9 Å². The Morgan fingerprint density at radius 1 is 1.17 bits per heavy atom. The Bertz CT molecular complexity index is 329. The number of benzene rings is 1. The highest BCUT2D eigenvalue weighted by molar-refractivity contribution is 8.22. The highest BCUT2D eigenvalue weighted by Gasteiger charge is 2.02. The molecule has 2 rings (SSSR count). The highest BCUT2D eigenvalue weighted by Crippen LogP contribution is 2.41. The lowest BCUT2D eigenvalue weighted by Crippen LogP contribution is -1.85. The third-order valence-corrected chi connectivity index (χ3v) is 3.49. The Balaban J connectivity index is 2.34. The summed E-state index contributed by atoms with van der Waals surface area (Å²) in [5, 5.41) is 4.39. The normalized spacial score (nSPS) is 17.2. The molecule has 1 radical (unpaired) electrons. The van der Waals surface area contributed by atoms with E-state index in [1.165, 1.54) is 4.90 Å². The second kappa shape index (κ2) is 3.07. The first-order chi connectivity index (χ1) is 5.86. The number of allylic oxidation sites excluding steroid dienone is 2. The molecule has 1 nitrogen and oxygen atoms in total. The Morgan fingerprint density at radius 3 is 2.58 bits per heavy atom. The molecular weight excluding hydrogens is 166 g/mol. The molecule has 12 heavy (non-hydrogen) atoms. The van der Waals surface area contributed by atoms with Crippen LogP contribution in [0.25, 0.3) is 0 Å². The van der Waals surface area contributed by atoms with E-state index in [-0.39, 0.29) is 10.9 Å². The Labute approximate surface area is 74.9 Å². The Hall–Kier alpha value is -1.15. The fraction of sp³-hybridized carbons (Fsp3) is 0. The van der Waals surface area contributed by atoms with Crippen LogP contribution in [-0.2, 0) is 0 Å². The van der Waals surface area contributed by atoms with Gasteiger partial charge in [-0.25, -0.2) is 0 Å². The molecule has 61 valence electrons. The fourth-order valence-corrected chi connectivity index (χ4v) is 2.63. The van der Waals surface area contributed by atoms with E-state index >= 15 is 0 Å². The average Bonchev–Trinajstić information content (AvgIpc) is 2.56. The van der Waals surface area contributed by atoms with Crippen molar-refractivity contribution in [2.75, 3.05) is 5.73 Å². The lowest BCUT2D eigenvalue weighted by molar-refractivity contribution is 1.45. The molecule has 2 heteroatoms. The summed E-state index contributed by atoms with van der Waals surface area (Å²) in [5.41, 5.74) is 6.36. The van der Waals surface area contributed by atoms with Gasteiger partial charge in [-0.2, -0.15) is 10.9 Å². The molecule has 1 aromatic rings. The Morgan fingerprint density at radius 2 is 1.92 bits per heavy atom. The first kappa shape index (κ1) is 7.50. The van der Waals surface area contributed by atoms with Crippen molar-refractivity contribution >= 4 is 16.6 Å². The van der Waals surface area contributed by atoms with E-state index in [4.69, 9.17) is 5.73 Å². The molecule has 1 heterocycles. The molecule has 1 aliphatic rings. The van der Waals surface area contributed by atoms with Crippen molar-refractivity contribution < 1.29 is 0 Å². The number of anilines is 1. The van der Waals surface area contributed by atoms with Crippen LogP contribution in [0.1, 0.15) is 0 Å². The quantitative estimate of drug-likeness (QED) is 0.499. The van der Waals surface area contributed by atoms with Gasteiger partial charge in [-0.05, 0) is 22.9 Å². The summed E-state index contributed by atoms with van der Waals surface area (Å²) in [4.78, 5) is 1.20. The summed E-state index contributed by atoms with van der Waals surface area (Å²) in [6.07, 6.45) is 4.14. The molecule has 0 saturated carbocycles. The van der Waals surface area contributed by atoms with Crippen LogP contribution in [0.15, 0.2) is 46.1 Å². The maximum atomic E-state index is 5.63. The molecule has 0 amide bonds. The van der Waals surface area contributed by atoms with Crippen molar-refractivity contribution in [2.45, 2.75) is 4.90 Å². The molecule has 0 atom stereocenters. The third kappa shape index (κ3) is 1.38. The van der Waals surface area contributed by atoms with E-state index in [0.29, 0.717) is 0 Å². The van der Waals surface area contributed by atoms with Crippen LogP contribution < -0.4 is 5.73 Å². The van der Waals surface area contributed by atoms with Gasteiger partial charge in [-0.1, -0.05) is 18.2 Å². The molecule has 1 aliphatic heterocycles. The molecule has 0 fully saturated rings. The maximum Gasteiger partial charge on any atom is 0.0405 e. The minimum atomic E-state index is -0.253. The number of thiol groups is 1. The molecular formula is C10H10NS. The van der Waals surface area contributed by atoms with Gasteiger partial charge in [0.1, 0.15) is 0 Å². The summed E-state index contributed by atoms with van der Waals surface area (Å²) in [6, 6.07) is 9.06. The zero-order chi connectivity index (χ0) is 8.39. The number of hydrogen-bond acceptors (Lipinski definition) is 1. The van der Waals surface area contributed by atoms with Crippen LogP contribution in [0.4, 0.5) is 5.69 Å². The highest BCUT2D eigenvalue weighted by atomic mass is 32.2. The zero-order valence-electron chi connectivity index (χ0n) is 6.57. The van der Waals surface area contributed by atoms with Gasteiger partial charge in [-0.3, -0.25) is 0 Å². The standard InChI is InChI=1S/C10H10NS/c11-9-4-3-5-10(8-9)12-6-1-2-7-12/h1-7,12H,11H2. The lowest BCUT2D eigenvalue weighted by Gasteiger charge is -2.09. The van der Waals surface area contributed by atoms with E-state index in [1.54, 1.807) is 0 Å². The predicted octanol–water partition coefficient (Wildman–Crippen LogP) is 2.47. The summed E-state index contributed by atoms with van der Waals surface area (Å²) in [6.45, 7) is 0. The topological polar surface area (TPSA) is 26.0 Å². The number of nitrogen functional groups attached to an aromatic ring is 1. The summed E-state index contributed by atoms with van der Waals surface area (Å²) >= 11 is 0. The van der Waals surface area contributed by atoms with Crippen molar-refractivity contribution in [1.29, 1.82) is 0 Å². The predicted molar refractivity (Wildman–Crippen MR) is 55.2 cm³/mol. The SMILES string of the molecule is Nc1[c]c([SH]2C=CC=C2)ccc1. The van der Waals surface area contributed by atoms with Crippen LogP contribution in [0.3, 0.4) is 0 Å². The number of nitrogens with two attached hydrogens (primary N) is 1. The molecule has 0 spiro atoms. The van der Waals surface area contributed by atoms with Gasteiger partial charge < -0.3 is 5.73 Å². The molecule has 1 aromatic carbocycles. The zero-order valence-corrected chi connectivity index (χ0v) is 7.46. The van der Waals surface area contributed by atoms with Crippen molar-refractivity contribution in [2.24, 2.45) is 0 Å². The lowest BCUT2D eigenvalue weighted by atomic mass is 10.3. The van der Waals surface area contributed by atoms with Crippen molar-refractivity contribution in [1.82, 2.24) is 0 Å². The van der Waals surface area contributed by atoms with Crippen LogP contribution in [-0.4, -0.2) is 0 Å². The Kier molecular flexibility index (Phi) is 1.92.